The van der Waals surface area contributed by atoms with Crippen molar-refractivity contribution in [2.75, 3.05) is 18.6 Å². The molecule has 2 heterocycles. The first-order chi connectivity index (χ1) is 9.67. The molecule has 0 saturated carbocycles. The van der Waals surface area contributed by atoms with Crippen molar-refractivity contribution in [2.45, 2.75) is 12.5 Å². The summed E-state index contributed by atoms with van der Waals surface area (Å²) in [5, 5.41) is 13.4. The van der Waals surface area contributed by atoms with Crippen LogP contribution < -0.4 is 9.64 Å². The molecule has 0 spiro atoms. The van der Waals surface area contributed by atoms with Crippen molar-refractivity contribution < 1.29 is 19.2 Å². The van der Waals surface area contributed by atoms with E-state index in [4.69, 9.17) is 9.26 Å². The number of aliphatic hydroxyl groups excluding tert-OH is 1. The van der Waals surface area contributed by atoms with Crippen molar-refractivity contribution in [2.24, 2.45) is 0 Å². The van der Waals surface area contributed by atoms with Gasteiger partial charge in [0.1, 0.15) is 11.4 Å². The van der Waals surface area contributed by atoms with Gasteiger partial charge < -0.3 is 14.4 Å². The molecule has 1 atom stereocenters. The quantitative estimate of drug-likeness (QED) is 0.916. The highest BCUT2D eigenvalue weighted by Gasteiger charge is 2.31. The lowest BCUT2D eigenvalue weighted by atomic mass is 10.1. The summed E-state index contributed by atoms with van der Waals surface area (Å²) in [5.41, 5.74) is 1.50. The van der Waals surface area contributed by atoms with Gasteiger partial charge in [0, 0.05) is 11.6 Å². The number of carbonyl (C=O) groups is 1. The summed E-state index contributed by atoms with van der Waals surface area (Å²) in [5.74, 6) is 0.961. The van der Waals surface area contributed by atoms with Crippen LogP contribution in [0.15, 0.2) is 34.9 Å². The third-order valence-electron chi connectivity index (χ3n) is 3.25. The molecule has 1 aliphatic rings. The number of aromatic nitrogens is 1. The zero-order valence-corrected chi connectivity index (χ0v) is 10.9. The molecule has 20 heavy (non-hydrogen) atoms. The van der Waals surface area contributed by atoms with Crippen molar-refractivity contribution in [1.29, 1.82) is 0 Å². The number of hydrogen-bond acceptors (Lipinski definition) is 5. The summed E-state index contributed by atoms with van der Waals surface area (Å²) in [6.07, 6.45) is -0.518. The molecule has 0 bridgehead atoms. The predicted molar refractivity (Wildman–Crippen MR) is 71.5 cm³/mol. The van der Waals surface area contributed by atoms with Gasteiger partial charge in [-0.2, -0.15) is 0 Å². The van der Waals surface area contributed by atoms with E-state index in [1.165, 1.54) is 4.90 Å². The lowest BCUT2D eigenvalue weighted by Crippen LogP contribution is -2.24. The molecule has 1 aliphatic heterocycles. The fourth-order valence-corrected chi connectivity index (χ4v) is 2.19. The van der Waals surface area contributed by atoms with Crippen molar-refractivity contribution in [3.05, 3.63) is 30.3 Å². The van der Waals surface area contributed by atoms with Crippen LogP contribution in [-0.2, 0) is 4.79 Å². The van der Waals surface area contributed by atoms with Crippen LogP contribution in [0.3, 0.4) is 0 Å². The Morgan fingerprint density at radius 1 is 1.40 bits per heavy atom. The van der Waals surface area contributed by atoms with E-state index in [9.17, 15) is 9.90 Å². The summed E-state index contributed by atoms with van der Waals surface area (Å²) >= 11 is 0. The SMILES string of the molecule is COc1ccc(-c2cc(N3CC(O)CC3=O)on2)cc1. The van der Waals surface area contributed by atoms with Crippen molar-refractivity contribution in [1.82, 2.24) is 5.16 Å². The van der Waals surface area contributed by atoms with Gasteiger partial charge in [0.05, 0.1) is 26.2 Å². The predicted octanol–water partition coefficient (Wildman–Crippen LogP) is 1.45. The zero-order valence-electron chi connectivity index (χ0n) is 10.9. The van der Waals surface area contributed by atoms with Gasteiger partial charge >= 0.3 is 0 Å². The molecule has 3 rings (SSSR count). The molecular formula is C14H14N2O4. The molecule has 1 saturated heterocycles. The second-order valence-corrected chi connectivity index (χ2v) is 4.64. The number of nitrogens with zero attached hydrogens (tertiary/aromatic N) is 2. The lowest BCUT2D eigenvalue weighted by molar-refractivity contribution is -0.117. The van der Waals surface area contributed by atoms with Crippen LogP contribution in [0.5, 0.6) is 5.75 Å². The van der Waals surface area contributed by atoms with Gasteiger partial charge in [0.15, 0.2) is 0 Å². The van der Waals surface area contributed by atoms with E-state index < -0.39 is 6.10 Å². The van der Waals surface area contributed by atoms with Crippen LogP contribution in [0.1, 0.15) is 6.42 Å². The number of amides is 1. The number of β-amino-alcohol motifs (C(OH)–C–C–N with tert-alkyl or cyclic N) is 1. The molecule has 6 nitrogen and oxygen atoms in total. The van der Waals surface area contributed by atoms with E-state index in [0.29, 0.717) is 11.6 Å². The fourth-order valence-electron chi connectivity index (χ4n) is 2.19. The molecule has 6 heteroatoms. The van der Waals surface area contributed by atoms with Crippen LogP contribution in [0.4, 0.5) is 5.88 Å². The average molecular weight is 274 g/mol. The molecule has 1 unspecified atom stereocenters. The minimum absolute atomic E-state index is 0.124. The van der Waals surface area contributed by atoms with Gasteiger partial charge in [0.25, 0.3) is 0 Å². The number of rotatable bonds is 3. The Labute approximate surface area is 115 Å². The smallest absolute Gasteiger partial charge is 0.234 e. The van der Waals surface area contributed by atoms with E-state index in [1.54, 1.807) is 13.2 Å². The first kappa shape index (κ1) is 12.7. The number of aliphatic hydroxyl groups is 1. The number of anilines is 1. The molecule has 1 aromatic carbocycles. The number of benzene rings is 1. The topological polar surface area (TPSA) is 75.8 Å². The Kier molecular flexibility index (Phi) is 3.15. The first-order valence-corrected chi connectivity index (χ1v) is 6.27. The molecule has 1 N–H and O–H groups in total. The highest BCUT2D eigenvalue weighted by molar-refractivity contribution is 5.95. The van der Waals surface area contributed by atoms with Gasteiger partial charge in [-0.25, -0.2) is 0 Å². The number of ether oxygens (including phenoxy) is 1. The van der Waals surface area contributed by atoms with Crippen LogP contribution in [-0.4, -0.2) is 35.9 Å². The average Bonchev–Trinajstić information content (AvgIpc) is 3.05. The van der Waals surface area contributed by atoms with Crippen molar-refractivity contribution in [3.63, 3.8) is 0 Å². The van der Waals surface area contributed by atoms with Crippen LogP contribution in [0.2, 0.25) is 0 Å². The van der Waals surface area contributed by atoms with E-state index in [1.807, 2.05) is 24.3 Å². The minimum Gasteiger partial charge on any atom is -0.497 e. The lowest BCUT2D eigenvalue weighted by Gasteiger charge is -2.09. The second-order valence-electron chi connectivity index (χ2n) is 4.64. The summed E-state index contributed by atoms with van der Waals surface area (Å²) < 4.78 is 10.3. The standard InChI is InChI=1S/C14H14N2O4/c1-19-11-4-2-9(3-5-11)12-7-14(20-15-12)16-8-10(17)6-13(16)18/h2-5,7,10,17H,6,8H2,1H3. The largest absolute Gasteiger partial charge is 0.497 e. The molecule has 104 valence electrons. The van der Waals surface area contributed by atoms with E-state index in [-0.39, 0.29) is 18.9 Å². The summed E-state index contributed by atoms with van der Waals surface area (Å²) in [6.45, 7) is 0.246. The van der Waals surface area contributed by atoms with Gasteiger partial charge in [-0.1, -0.05) is 5.16 Å². The molecule has 1 amide bonds. The van der Waals surface area contributed by atoms with Crippen molar-refractivity contribution in [3.8, 4) is 17.0 Å². The Morgan fingerprint density at radius 3 is 2.75 bits per heavy atom. The summed E-state index contributed by atoms with van der Waals surface area (Å²) in [4.78, 5) is 13.1. The van der Waals surface area contributed by atoms with Crippen LogP contribution in [0.25, 0.3) is 11.3 Å². The van der Waals surface area contributed by atoms with Crippen LogP contribution >= 0.6 is 0 Å². The zero-order chi connectivity index (χ0) is 14.1. The van der Waals surface area contributed by atoms with E-state index in [0.717, 1.165) is 11.3 Å². The van der Waals surface area contributed by atoms with Crippen molar-refractivity contribution >= 4 is 11.8 Å². The molecule has 0 radical (unpaired) electrons. The van der Waals surface area contributed by atoms with Gasteiger partial charge in [-0.15, -0.1) is 0 Å². The van der Waals surface area contributed by atoms with Gasteiger partial charge in [-0.05, 0) is 24.3 Å². The maximum atomic E-state index is 11.7. The Balaban J connectivity index is 1.84. The van der Waals surface area contributed by atoms with Gasteiger partial charge in [0.2, 0.25) is 11.8 Å². The van der Waals surface area contributed by atoms with E-state index in [2.05, 4.69) is 5.16 Å². The normalized spacial score (nSPS) is 18.6. The maximum Gasteiger partial charge on any atom is 0.234 e. The highest BCUT2D eigenvalue weighted by Crippen LogP contribution is 2.28. The van der Waals surface area contributed by atoms with Gasteiger partial charge in [-0.3, -0.25) is 9.69 Å². The second kappa shape index (κ2) is 4.97. The fraction of sp³-hybridized carbons (Fsp3) is 0.286. The number of methoxy groups -OCH3 is 1. The summed E-state index contributed by atoms with van der Waals surface area (Å²) in [7, 11) is 1.60. The Morgan fingerprint density at radius 2 is 2.15 bits per heavy atom. The minimum atomic E-state index is -0.642. The number of carbonyl (C=O) groups excluding carboxylic acids is 1. The number of hydrogen-bond donors (Lipinski definition) is 1. The third kappa shape index (κ3) is 2.25. The summed E-state index contributed by atoms with van der Waals surface area (Å²) in [6, 6.07) is 9.07. The molecule has 1 fully saturated rings. The Hall–Kier alpha value is -2.34. The molecule has 0 aliphatic carbocycles. The first-order valence-electron chi connectivity index (χ1n) is 6.27. The van der Waals surface area contributed by atoms with E-state index >= 15 is 0 Å². The monoisotopic (exact) mass is 274 g/mol. The molecular weight excluding hydrogens is 260 g/mol. The highest BCUT2D eigenvalue weighted by atomic mass is 16.5. The third-order valence-corrected chi connectivity index (χ3v) is 3.25. The van der Waals surface area contributed by atoms with Crippen LogP contribution in [0, 0.1) is 0 Å². The molecule has 2 aromatic rings. The molecule has 1 aromatic heterocycles. The maximum absolute atomic E-state index is 11.7. The Bertz CT molecular complexity index is 620.